The van der Waals surface area contributed by atoms with Crippen molar-refractivity contribution in [1.82, 2.24) is 20.1 Å². The van der Waals surface area contributed by atoms with Gasteiger partial charge < -0.3 is 9.88 Å². The summed E-state index contributed by atoms with van der Waals surface area (Å²) in [5, 5.41) is 12.2. The van der Waals surface area contributed by atoms with Gasteiger partial charge in [-0.1, -0.05) is 53.2 Å². The van der Waals surface area contributed by atoms with E-state index in [-0.39, 0.29) is 17.8 Å². The monoisotopic (exact) mass is 452 g/mol. The van der Waals surface area contributed by atoms with Crippen LogP contribution in [0.4, 0.5) is 4.39 Å². The summed E-state index contributed by atoms with van der Waals surface area (Å²) in [5.74, 6) is -0.150. The number of hydrogen-bond donors (Lipinski definition) is 1. The molecular formula is C20H19Cl2FN4OS. The van der Waals surface area contributed by atoms with E-state index in [4.69, 9.17) is 23.2 Å². The summed E-state index contributed by atoms with van der Waals surface area (Å²) in [6.45, 7) is 3.62. The Morgan fingerprint density at radius 2 is 1.90 bits per heavy atom. The quantitative estimate of drug-likeness (QED) is 0.516. The summed E-state index contributed by atoms with van der Waals surface area (Å²) in [5.41, 5.74) is 1.14. The number of hydrogen-bond acceptors (Lipinski definition) is 4. The molecule has 1 amide bonds. The minimum absolute atomic E-state index is 0.177. The molecule has 1 heterocycles. The molecule has 1 N–H and O–H groups in total. The van der Waals surface area contributed by atoms with Crippen molar-refractivity contribution >= 4 is 40.9 Å². The summed E-state index contributed by atoms with van der Waals surface area (Å²) < 4.78 is 15.7. The molecule has 0 fully saturated rings. The lowest BCUT2D eigenvalue weighted by atomic mass is 10.1. The van der Waals surface area contributed by atoms with E-state index in [0.29, 0.717) is 26.6 Å². The van der Waals surface area contributed by atoms with Gasteiger partial charge in [0, 0.05) is 17.1 Å². The van der Waals surface area contributed by atoms with Gasteiger partial charge in [-0.3, -0.25) is 4.79 Å². The Morgan fingerprint density at radius 3 is 2.59 bits per heavy atom. The zero-order chi connectivity index (χ0) is 21.1. The topological polar surface area (TPSA) is 59.8 Å². The summed E-state index contributed by atoms with van der Waals surface area (Å²) in [6, 6.07) is 11.2. The van der Waals surface area contributed by atoms with E-state index in [0.717, 1.165) is 5.56 Å². The third-order valence-electron chi connectivity index (χ3n) is 4.39. The molecule has 3 aromatic rings. The molecule has 0 aliphatic carbocycles. The number of benzene rings is 2. The Morgan fingerprint density at radius 1 is 1.17 bits per heavy atom. The van der Waals surface area contributed by atoms with Gasteiger partial charge in [0.2, 0.25) is 5.91 Å². The van der Waals surface area contributed by atoms with E-state index in [9.17, 15) is 9.18 Å². The lowest BCUT2D eigenvalue weighted by molar-refractivity contribution is -0.120. The molecule has 152 valence electrons. The third kappa shape index (κ3) is 4.91. The van der Waals surface area contributed by atoms with Crippen molar-refractivity contribution in [2.24, 2.45) is 7.05 Å². The fourth-order valence-electron chi connectivity index (χ4n) is 2.77. The Hall–Kier alpha value is -2.09. The number of carbonyl (C=O) groups excluding carboxylic acids is 1. The van der Waals surface area contributed by atoms with Crippen LogP contribution in [0.5, 0.6) is 0 Å². The lowest BCUT2D eigenvalue weighted by Crippen LogP contribution is -2.33. The molecule has 0 spiro atoms. The highest BCUT2D eigenvalue weighted by atomic mass is 35.5. The molecule has 2 aromatic carbocycles. The van der Waals surface area contributed by atoms with Gasteiger partial charge in [-0.2, -0.15) is 0 Å². The molecule has 2 unspecified atom stereocenters. The van der Waals surface area contributed by atoms with Crippen LogP contribution in [-0.4, -0.2) is 25.9 Å². The van der Waals surface area contributed by atoms with Gasteiger partial charge in [0.1, 0.15) is 5.82 Å². The first-order valence-electron chi connectivity index (χ1n) is 8.84. The Kier molecular flexibility index (Phi) is 6.82. The number of amides is 1. The summed E-state index contributed by atoms with van der Waals surface area (Å²) in [6.07, 6.45) is 0. The highest BCUT2D eigenvalue weighted by molar-refractivity contribution is 8.00. The second-order valence-electron chi connectivity index (χ2n) is 6.50. The minimum atomic E-state index is -0.445. The molecule has 0 bridgehead atoms. The molecule has 0 saturated heterocycles. The van der Waals surface area contributed by atoms with Crippen LogP contribution >= 0.6 is 35.0 Å². The average molecular weight is 453 g/mol. The maximum absolute atomic E-state index is 14.0. The first-order chi connectivity index (χ1) is 13.8. The normalized spacial score (nSPS) is 13.2. The van der Waals surface area contributed by atoms with Crippen LogP contribution in [0.15, 0.2) is 47.6 Å². The molecule has 0 radical (unpaired) electrons. The van der Waals surface area contributed by atoms with E-state index in [1.54, 1.807) is 54.9 Å². The molecule has 3 rings (SSSR count). The van der Waals surface area contributed by atoms with E-state index < -0.39 is 5.25 Å². The van der Waals surface area contributed by atoms with Gasteiger partial charge in [-0.15, -0.1) is 10.2 Å². The summed E-state index contributed by atoms with van der Waals surface area (Å²) in [4.78, 5) is 12.6. The number of thioether (sulfide) groups is 1. The fraction of sp³-hybridized carbons (Fsp3) is 0.250. The minimum Gasteiger partial charge on any atom is -0.349 e. The number of nitrogens with zero attached hydrogens (tertiary/aromatic N) is 3. The lowest BCUT2D eigenvalue weighted by Gasteiger charge is -2.18. The predicted molar refractivity (Wildman–Crippen MR) is 115 cm³/mol. The molecule has 2 atom stereocenters. The van der Waals surface area contributed by atoms with Crippen molar-refractivity contribution < 1.29 is 9.18 Å². The van der Waals surface area contributed by atoms with Crippen LogP contribution in [0, 0.1) is 5.82 Å². The van der Waals surface area contributed by atoms with E-state index >= 15 is 0 Å². The van der Waals surface area contributed by atoms with Crippen molar-refractivity contribution in [2.45, 2.75) is 30.3 Å². The average Bonchev–Trinajstić information content (AvgIpc) is 3.02. The van der Waals surface area contributed by atoms with Crippen LogP contribution < -0.4 is 5.32 Å². The standard InChI is InChI=1S/C20H19Cl2FN4OS/c1-11(14-9-8-13(21)10-16(14)22)24-19(28)12(2)29-20-26-25-18(27(20)3)15-6-4-5-7-17(15)23/h4-12H,1-3H3,(H,24,28). The van der Waals surface area contributed by atoms with Crippen LogP contribution in [0.3, 0.4) is 0 Å². The maximum atomic E-state index is 14.0. The summed E-state index contributed by atoms with van der Waals surface area (Å²) in [7, 11) is 1.74. The molecule has 5 nitrogen and oxygen atoms in total. The number of halogens is 3. The molecule has 29 heavy (non-hydrogen) atoms. The van der Waals surface area contributed by atoms with Gasteiger partial charge in [-0.25, -0.2) is 4.39 Å². The Balaban J connectivity index is 1.69. The highest BCUT2D eigenvalue weighted by Crippen LogP contribution is 2.29. The van der Waals surface area contributed by atoms with Crippen molar-refractivity contribution in [3.63, 3.8) is 0 Å². The Labute approximate surface area is 182 Å². The smallest absolute Gasteiger partial charge is 0.233 e. The molecule has 0 saturated carbocycles. The van der Waals surface area contributed by atoms with E-state index in [2.05, 4.69) is 15.5 Å². The van der Waals surface area contributed by atoms with E-state index in [1.807, 2.05) is 6.92 Å². The molecule has 0 aliphatic heterocycles. The van der Waals surface area contributed by atoms with Crippen molar-refractivity contribution in [3.05, 3.63) is 63.9 Å². The number of carbonyl (C=O) groups is 1. The van der Waals surface area contributed by atoms with Crippen LogP contribution in [0.2, 0.25) is 10.0 Å². The molecule has 9 heteroatoms. The van der Waals surface area contributed by atoms with Gasteiger partial charge in [0.25, 0.3) is 0 Å². The predicted octanol–water partition coefficient (Wildman–Crippen LogP) is 5.29. The van der Waals surface area contributed by atoms with Gasteiger partial charge in [-0.05, 0) is 43.7 Å². The second-order valence-corrected chi connectivity index (χ2v) is 8.65. The van der Waals surface area contributed by atoms with E-state index in [1.165, 1.54) is 17.8 Å². The Bertz CT molecular complexity index is 1040. The molecule has 0 aliphatic rings. The van der Waals surface area contributed by atoms with Gasteiger partial charge >= 0.3 is 0 Å². The van der Waals surface area contributed by atoms with Gasteiger partial charge in [0.05, 0.1) is 16.9 Å². The summed E-state index contributed by atoms with van der Waals surface area (Å²) >= 11 is 13.4. The second kappa shape index (κ2) is 9.15. The largest absolute Gasteiger partial charge is 0.349 e. The van der Waals surface area contributed by atoms with Crippen LogP contribution in [0.25, 0.3) is 11.4 Å². The highest BCUT2D eigenvalue weighted by Gasteiger charge is 2.22. The maximum Gasteiger partial charge on any atom is 0.233 e. The van der Waals surface area contributed by atoms with Gasteiger partial charge in [0.15, 0.2) is 11.0 Å². The third-order valence-corrected chi connectivity index (χ3v) is 6.09. The molecule has 1 aromatic heterocycles. The van der Waals surface area contributed by atoms with Crippen LogP contribution in [0.1, 0.15) is 25.5 Å². The number of rotatable bonds is 6. The van der Waals surface area contributed by atoms with Crippen LogP contribution in [-0.2, 0) is 11.8 Å². The SMILES string of the molecule is CC(Sc1nnc(-c2ccccc2F)n1C)C(=O)NC(C)c1ccc(Cl)cc1Cl. The molecular weight excluding hydrogens is 434 g/mol. The fourth-order valence-corrected chi connectivity index (χ4v) is 4.16. The van der Waals surface area contributed by atoms with Crippen molar-refractivity contribution in [1.29, 1.82) is 0 Å². The van der Waals surface area contributed by atoms with Crippen molar-refractivity contribution in [2.75, 3.05) is 0 Å². The first kappa shape index (κ1) is 21.6. The zero-order valence-electron chi connectivity index (χ0n) is 16.0. The number of aromatic nitrogens is 3. The first-order valence-corrected chi connectivity index (χ1v) is 10.5. The number of nitrogens with one attached hydrogen (secondary N) is 1. The zero-order valence-corrected chi connectivity index (χ0v) is 18.3. The van der Waals surface area contributed by atoms with Crippen molar-refractivity contribution in [3.8, 4) is 11.4 Å².